The van der Waals surface area contributed by atoms with Crippen molar-refractivity contribution < 1.29 is 0 Å². The second-order valence-electron chi connectivity index (χ2n) is 4.48. The third-order valence-corrected chi connectivity index (χ3v) is 4.33. The molecule has 1 unspecified atom stereocenters. The van der Waals surface area contributed by atoms with Crippen molar-refractivity contribution in [2.24, 2.45) is 5.92 Å². The molecular weight excluding hydrogens is 236 g/mol. The lowest BCUT2D eigenvalue weighted by atomic mass is 10.1. The van der Waals surface area contributed by atoms with E-state index in [9.17, 15) is 0 Å². The Kier molecular flexibility index (Phi) is 7.08. The minimum Gasteiger partial charge on any atom is -0.314 e. The van der Waals surface area contributed by atoms with Crippen LogP contribution in [0.3, 0.4) is 0 Å². The molecule has 0 bridgehead atoms. The monoisotopic (exact) mass is 258 g/mol. The van der Waals surface area contributed by atoms with E-state index in [2.05, 4.69) is 31.1 Å². The molecule has 1 aromatic rings. The van der Waals surface area contributed by atoms with Gasteiger partial charge in [0.2, 0.25) is 0 Å². The molecule has 4 heteroatoms. The van der Waals surface area contributed by atoms with Crippen molar-refractivity contribution in [1.82, 2.24) is 10.3 Å². The molecule has 1 heterocycles. The smallest absolute Gasteiger partial charge is 0.149 e. The lowest BCUT2D eigenvalue weighted by Crippen LogP contribution is -2.28. The molecule has 1 atom stereocenters. The Morgan fingerprint density at radius 3 is 2.88 bits per heavy atom. The fourth-order valence-electron chi connectivity index (χ4n) is 1.65. The van der Waals surface area contributed by atoms with E-state index < -0.39 is 0 Å². The summed E-state index contributed by atoms with van der Waals surface area (Å²) in [4.78, 5) is 4.25. The average molecular weight is 258 g/mol. The molecule has 0 aromatic carbocycles. The first-order chi connectivity index (χ1) is 7.68. The highest BCUT2D eigenvalue weighted by Crippen LogP contribution is 2.20. The number of hydrogen-bond donors (Lipinski definition) is 1. The molecule has 0 radical (unpaired) electrons. The van der Waals surface area contributed by atoms with Crippen LogP contribution in [0.2, 0.25) is 0 Å². The van der Waals surface area contributed by atoms with Crippen molar-refractivity contribution in [2.45, 2.75) is 44.0 Å². The van der Waals surface area contributed by atoms with Crippen LogP contribution in [-0.2, 0) is 0 Å². The molecule has 1 N–H and O–H groups in total. The van der Waals surface area contributed by atoms with E-state index >= 15 is 0 Å². The summed E-state index contributed by atoms with van der Waals surface area (Å²) in [6.07, 6.45) is 4.35. The normalized spacial score (nSPS) is 13.2. The molecule has 0 aliphatic heterocycles. The zero-order chi connectivity index (χ0) is 11.8. The van der Waals surface area contributed by atoms with Gasteiger partial charge in [-0.25, -0.2) is 4.98 Å². The van der Waals surface area contributed by atoms with Crippen molar-refractivity contribution in [2.75, 3.05) is 12.3 Å². The van der Waals surface area contributed by atoms with Gasteiger partial charge in [0.1, 0.15) is 4.34 Å². The third kappa shape index (κ3) is 6.51. The topological polar surface area (TPSA) is 24.9 Å². The minimum atomic E-state index is 0.643. The maximum absolute atomic E-state index is 4.25. The van der Waals surface area contributed by atoms with Crippen molar-refractivity contribution >= 4 is 23.1 Å². The van der Waals surface area contributed by atoms with Gasteiger partial charge in [0.05, 0.1) is 0 Å². The zero-order valence-electron chi connectivity index (χ0n) is 10.4. The van der Waals surface area contributed by atoms with Crippen LogP contribution in [0.4, 0.5) is 0 Å². The van der Waals surface area contributed by atoms with Gasteiger partial charge in [-0.15, -0.1) is 11.3 Å². The number of nitrogens with one attached hydrogen (secondary N) is 1. The second kappa shape index (κ2) is 8.09. The Morgan fingerprint density at radius 2 is 2.25 bits per heavy atom. The summed E-state index contributed by atoms with van der Waals surface area (Å²) in [5.74, 6) is 1.95. The summed E-state index contributed by atoms with van der Waals surface area (Å²) in [5, 5.41) is 5.60. The quantitative estimate of drug-likeness (QED) is 0.569. The maximum atomic E-state index is 4.25. The van der Waals surface area contributed by atoms with Crippen molar-refractivity contribution in [3.63, 3.8) is 0 Å². The third-order valence-electron chi connectivity index (χ3n) is 2.27. The first kappa shape index (κ1) is 14.0. The van der Waals surface area contributed by atoms with E-state index in [0.29, 0.717) is 6.04 Å². The summed E-state index contributed by atoms with van der Waals surface area (Å²) in [5.41, 5.74) is 0. The number of thioether (sulfide) groups is 1. The van der Waals surface area contributed by atoms with Gasteiger partial charge in [0.15, 0.2) is 0 Å². The molecule has 1 rings (SSSR count). The maximum Gasteiger partial charge on any atom is 0.149 e. The van der Waals surface area contributed by atoms with Gasteiger partial charge in [-0.2, -0.15) is 0 Å². The SMILES string of the molecule is CC(C)CC(C)NCCCSc1nccs1. The standard InChI is InChI=1S/C12H22N2S2/c1-10(2)9-11(3)13-5-4-7-15-12-14-6-8-16-12/h6,8,10-11,13H,4-5,7,9H2,1-3H3. The highest BCUT2D eigenvalue weighted by atomic mass is 32.2. The van der Waals surface area contributed by atoms with E-state index in [1.807, 2.05) is 23.3 Å². The van der Waals surface area contributed by atoms with Crippen LogP contribution in [0, 0.1) is 5.92 Å². The fraction of sp³-hybridized carbons (Fsp3) is 0.750. The second-order valence-corrected chi connectivity index (χ2v) is 6.72. The largest absolute Gasteiger partial charge is 0.314 e. The van der Waals surface area contributed by atoms with Crippen LogP contribution in [-0.4, -0.2) is 23.3 Å². The molecule has 0 fully saturated rings. The van der Waals surface area contributed by atoms with Gasteiger partial charge in [-0.1, -0.05) is 25.6 Å². The fourth-order valence-corrected chi connectivity index (χ4v) is 3.30. The molecule has 1 aromatic heterocycles. The van der Waals surface area contributed by atoms with Crippen molar-refractivity contribution in [3.8, 4) is 0 Å². The summed E-state index contributed by atoms with van der Waals surface area (Å²) >= 11 is 3.59. The van der Waals surface area contributed by atoms with Crippen LogP contribution in [0.1, 0.15) is 33.6 Å². The van der Waals surface area contributed by atoms with Crippen LogP contribution in [0.25, 0.3) is 0 Å². The minimum absolute atomic E-state index is 0.643. The highest BCUT2D eigenvalue weighted by Gasteiger charge is 2.03. The molecule has 0 aliphatic rings. The summed E-state index contributed by atoms with van der Waals surface area (Å²) < 4.78 is 1.19. The Bertz CT molecular complexity index is 260. The van der Waals surface area contributed by atoms with Crippen LogP contribution in [0.15, 0.2) is 15.9 Å². The lowest BCUT2D eigenvalue weighted by molar-refractivity contribution is 0.443. The predicted octanol–water partition coefficient (Wildman–Crippen LogP) is 3.65. The van der Waals surface area contributed by atoms with Crippen LogP contribution < -0.4 is 5.32 Å². The van der Waals surface area contributed by atoms with Crippen LogP contribution >= 0.6 is 23.1 Å². The van der Waals surface area contributed by atoms with Crippen molar-refractivity contribution in [3.05, 3.63) is 11.6 Å². The number of thiazole rings is 1. The molecule has 2 nitrogen and oxygen atoms in total. The number of rotatable bonds is 8. The van der Waals surface area contributed by atoms with Crippen molar-refractivity contribution in [1.29, 1.82) is 0 Å². The molecule has 0 saturated heterocycles. The summed E-state index contributed by atoms with van der Waals surface area (Å²) in [6, 6.07) is 0.643. The molecule has 16 heavy (non-hydrogen) atoms. The number of nitrogens with zero attached hydrogens (tertiary/aromatic N) is 1. The zero-order valence-corrected chi connectivity index (χ0v) is 12.0. The average Bonchev–Trinajstić information content (AvgIpc) is 2.68. The molecule has 0 aliphatic carbocycles. The Labute approximate surface area is 107 Å². The number of aromatic nitrogens is 1. The highest BCUT2D eigenvalue weighted by molar-refractivity contribution is 8.00. The Morgan fingerprint density at radius 1 is 1.44 bits per heavy atom. The summed E-state index contributed by atoms with van der Waals surface area (Å²) in [7, 11) is 0. The Balaban J connectivity index is 1.95. The summed E-state index contributed by atoms with van der Waals surface area (Å²) in [6.45, 7) is 7.94. The van der Waals surface area contributed by atoms with E-state index in [4.69, 9.17) is 0 Å². The molecule has 0 spiro atoms. The van der Waals surface area contributed by atoms with Gasteiger partial charge in [-0.05, 0) is 32.2 Å². The van der Waals surface area contributed by atoms with E-state index in [-0.39, 0.29) is 0 Å². The number of hydrogen-bond acceptors (Lipinski definition) is 4. The first-order valence-corrected chi connectivity index (χ1v) is 7.80. The first-order valence-electron chi connectivity index (χ1n) is 5.94. The molecule has 92 valence electrons. The van der Waals surface area contributed by atoms with Gasteiger partial charge < -0.3 is 5.32 Å². The van der Waals surface area contributed by atoms with Gasteiger partial charge in [-0.3, -0.25) is 0 Å². The van der Waals surface area contributed by atoms with Gasteiger partial charge >= 0.3 is 0 Å². The van der Waals surface area contributed by atoms with Gasteiger partial charge in [0, 0.05) is 23.4 Å². The molecule has 0 saturated carbocycles. The Hall–Kier alpha value is -0.0600. The van der Waals surface area contributed by atoms with E-state index in [1.165, 1.54) is 17.2 Å². The lowest BCUT2D eigenvalue weighted by Gasteiger charge is -2.15. The van der Waals surface area contributed by atoms with Crippen LogP contribution in [0.5, 0.6) is 0 Å². The van der Waals surface area contributed by atoms with E-state index in [0.717, 1.165) is 18.2 Å². The van der Waals surface area contributed by atoms with E-state index in [1.54, 1.807) is 11.3 Å². The van der Waals surface area contributed by atoms with Gasteiger partial charge in [0.25, 0.3) is 0 Å². The molecular formula is C12H22N2S2. The molecule has 0 amide bonds. The predicted molar refractivity (Wildman–Crippen MR) is 74.4 cm³/mol.